The molecule has 0 saturated carbocycles. The Balaban J connectivity index is 1.70. The Hall–Kier alpha value is -1.44. The van der Waals surface area contributed by atoms with Gasteiger partial charge in [-0.25, -0.2) is 9.97 Å². The fourth-order valence-corrected chi connectivity index (χ4v) is 3.83. The standard InChI is InChI=1S/C17H29N5OSi/c1-18-14-5-7-21(11-14)16-15-6-8-22(17(15)20-12-19-16)13-23-9-10-24(2,3)4/h6,8,12,14,18H,5,7,9-11,13H2,1-4H3. The summed E-state index contributed by atoms with van der Waals surface area (Å²) in [6, 6.07) is 3.84. The molecule has 0 bridgehead atoms. The van der Waals surface area contributed by atoms with Crippen molar-refractivity contribution in [3.05, 3.63) is 18.6 Å². The van der Waals surface area contributed by atoms with Crippen LogP contribution >= 0.6 is 0 Å². The average molecular weight is 348 g/mol. The summed E-state index contributed by atoms with van der Waals surface area (Å²) < 4.78 is 7.96. The molecule has 7 heteroatoms. The molecule has 132 valence electrons. The Morgan fingerprint density at radius 1 is 1.33 bits per heavy atom. The van der Waals surface area contributed by atoms with Crippen LogP contribution in [-0.2, 0) is 11.5 Å². The van der Waals surface area contributed by atoms with Gasteiger partial charge in [0.15, 0.2) is 0 Å². The van der Waals surface area contributed by atoms with E-state index in [0.29, 0.717) is 12.8 Å². The van der Waals surface area contributed by atoms with E-state index in [2.05, 4.69) is 56.7 Å². The van der Waals surface area contributed by atoms with E-state index in [1.165, 1.54) is 6.04 Å². The average Bonchev–Trinajstić information content (AvgIpc) is 3.17. The first kappa shape index (κ1) is 17.4. The summed E-state index contributed by atoms with van der Waals surface area (Å²) in [6.45, 7) is 10.5. The van der Waals surface area contributed by atoms with Crippen LogP contribution in [0.3, 0.4) is 0 Å². The Labute approximate surface area is 145 Å². The third-order valence-electron chi connectivity index (χ3n) is 4.66. The third-order valence-corrected chi connectivity index (χ3v) is 6.36. The van der Waals surface area contributed by atoms with Crippen molar-refractivity contribution in [2.45, 2.75) is 44.9 Å². The van der Waals surface area contributed by atoms with Crippen molar-refractivity contribution in [1.82, 2.24) is 19.9 Å². The van der Waals surface area contributed by atoms with Crippen molar-refractivity contribution < 1.29 is 4.74 Å². The number of ether oxygens (including phenoxy) is 1. The molecular weight excluding hydrogens is 318 g/mol. The van der Waals surface area contributed by atoms with Crippen molar-refractivity contribution in [2.75, 3.05) is 31.6 Å². The molecule has 1 unspecified atom stereocenters. The van der Waals surface area contributed by atoms with Gasteiger partial charge >= 0.3 is 0 Å². The number of anilines is 1. The number of hydrogen-bond donors (Lipinski definition) is 1. The van der Waals surface area contributed by atoms with Crippen LogP contribution in [0.4, 0.5) is 5.82 Å². The lowest BCUT2D eigenvalue weighted by atomic mass is 10.3. The van der Waals surface area contributed by atoms with E-state index in [0.717, 1.165) is 43.0 Å². The van der Waals surface area contributed by atoms with Crippen molar-refractivity contribution in [3.63, 3.8) is 0 Å². The second-order valence-corrected chi connectivity index (χ2v) is 13.4. The van der Waals surface area contributed by atoms with Gasteiger partial charge in [-0.3, -0.25) is 0 Å². The molecule has 1 N–H and O–H groups in total. The molecule has 2 aromatic heterocycles. The first-order valence-corrected chi connectivity index (χ1v) is 12.5. The number of nitrogens with zero attached hydrogens (tertiary/aromatic N) is 4. The highest BCUT2D eigenvalue weighted by Gasteiger charge is 2.24. The van der Waals surface area contributed by atoms with Crippen LogP contribution in [0.1, 0.15) is 6.42 Å². The number of hydrogen-bond acceptors (Lipinski definition) is 5. The number of rotatable bonds is 7. The molecular formula is C17H29N5OSi. The maximum Gasteiger partial charge on any atom is 0.147 e. The van der Waals surface area contributed by atoms with Gasteiger partial charge in [-0.05, 0) is 25.6 Å². The molecule has 0 spiro atoms. The maximum atomic E-state index is 5.88. The zero-order chi connectivity index (χ0) is 17.2. The highest BCUT2D eigenvalue weighted by Crippen LogP contribution is 2.26. The number of nitrogens with one attached hydrogen (secondary N) is 1. The SMILES string of the molecule is CNC1CCN(c2ncnc3c2ccn3COCC[Si](C)(C)C)C1. The Morgan fingerprint density at radius 2 is 2.17 bits per heavy atom. The Morgan fingerprint density at radius 3 is 2.88 bits per heavy atom. The van der Waals surface area contributed by atoms with E-state index in [1.807, 2.05) is 7.05 Å². The van der Waals surface area contributed by atoms with Crippen LogP contribution in [-0.4, -0.2) is 55.4 Å². The largest absolute Gasteiger partial charge is 0.361 e. The van der Waals surface area contributed by atoms with Crippen molar-refractivity contribution in [2.24, 2.45) is 0 Å². The number of aromatic nitrogens is 3. The van der Waals surface area contributed by atoms with Crippen molar-refractivity contribution >= 4 is 24.9 Å². The predicted octanol–water partition coefficient (Wildman–Crippen LogP) is 2.54. The second kappa shape index (κ2) is 7.21. The third kappa shape index (κ3) is 3.96. The highest BCUT2D eigenvalue weighted by molar-refractivity contribution is 6.76. The minimum Gasteiger partial charge on any atom is -0.361 e. The van der Waals surface area contributed by atoms with E-state index in [4.69, 9.17) is 4.74 Å². The zero-order valence-electron chi connectivity index (χ0n) is 15.2. The first-order chi connectivity index (χ1) is 11.5. The predicted molar refractivity (Wildman–Crippen MR) is 101 cm³/mol. The summed E-state index contributed by atoms with van der Waals surface area (Å²) in [4.78, 5) is 11.4. The zero-order valence-corrected chi connectivity index (χ0v) is 16.2. The summed E-state index contributed by atoms with van der Waals surface area (Å²) >= 11 is 0. The molecule has 1 aliphatic heterocycles. The molecule has 0 aromatic carbocycles. The Kier molecular flexibility index (Phi) is 5.22. The van der Waals surface area contributed by atoms with Gasteiger partial charge < -0.3 is 19.5 Å². The van der Waals surface area contributed by atoms with Gasteiger partial charge in [0.2, 0.25) is 0 Å². The van der Waals surface area contributed by atoms with Crippen molar-refractivity contribution in [1.29, 1.82) is 0 Å². The number of likely N-dealkylation sites (N-methyl/N-ethyl adjacent to an activating group) is 1. The van der Waals surface area contributed by atoms with Gasteiger partial charge in [-0.2, -0.15) is 0 Å². The normalized spacial score (nSPS) is 18.7. The minimum atomic E-state index is -1.04. The fourth-order valence-electron chi connectivity index (χ4n) is 3.08. The van der Waals surface area contributed by atoms with Gasteiger partial charge in [0.05, 0.1) is 5.39 Å². The lowest BCUT2D eigenvalue weighted by Gasteiger charge is -2.18. The summed E-state index contributed by atoms with van der Waals surface area (Å²) in [7, 11) is 0.983. The molecule has 3 heterocycles. The van der Waals surface area contributed by atoms with Gasteiger partial charge in [-0.1, -0.05) is 19.6 Å². The van der Waals surface area contributed by atoms with Crippen LogP contribution in [0.5, 0.6) is 0 Å². The Bertz CT molecular complexity index is 681. The van der Waals surface area contributed by atoms with Crippen LogP contribution in [0.25, 0.3) is 11.0 Å². The van der Waals surface area contributed by atoms with E-state index in [9.17, 15) is 0 Å². The van der Waals surface area contributed by atoms with Crippen LogP contribution in [0.15, 0.2) is 18.6 Å². The minimum absolute atomic E-state index is 0.544. The van der Waals surface area contributed by atoms with E-state index in [1.54, 1.807) is 6.33 Å². The smallest absolute Gasteiger partial charge is 0.147 e. The van der Waals surface area contributed by atoms with Gasteiger partial charge in [0, 0.05) is 40.0 Å². The molecule has 1 atom stereocenters. The summed E-state index contributed by atoms with van der Waals surface area (Å²) in [5.41, 5.74) is 0.959. The molecule has 0 aliphatic carbocycles. The van der Waals surface area contributed by atoms with E-state index >= 15 is 0 Å². The monoisotopic (exact) mass is 347 g/mol. The van der Waals surface area contributed by atoms with E-state index < -0.39 is 8.07 Å². The summed E-state index contributed by atoms with van der Waals surface area (Å²) in [5.74, 6) is 1.04. The maximum absolute atomic E-state index is 5.88. The molecule has 0 amide bonds. The van der Waals surface area contributed by atoms with Gasteiger partial charge in [0.25, 0.3) is 0 Å². The van der Waals surface area contributed by atoms with Crippen LogP contribution in [0, 0.1) is 0 Å². The fraction of sp³-hybridized carbons (Fsp3) is 0.647. The molecule has 3 rings (SSSR count). The molecule has 6 nitrogen and oxygen atoms in total. The summed E-state index contributed by atoms with van der Waals surface area (Å²) in [6.07, 6.45) is 4.88. The summed E-state index contributed by atoms with van der Waals surface area (Å²) in [5, 5.41) is 4.47. The second-order valence-electron chi connectivity index (χ2n) is 7.79. The molecule has 0 radical (unpaired) electrons. The number of fused-ring (bicyclic) bond motifs is 1. The van der Waals surface area contributed by atoms with E-state index in [-0.39, 0.29) is 0 Å². The lowest BCUT2D eigenvalue weighted by Crippen LogP contribution is -2.29. The van der Waals surface area contributed by atoms with Crippen LogP contribution < -0.4 is 10.2 Å². The first-order valence-electron chi connectivity index (χ1n) is 8.78. The molecule has 24 heavy (non-hydrogen) atoms. The molecule has 1 fully saturated rings. The molecule has 1 aliphatic rings. The quantitative estimate of drug-likeness (QED) is 0.616. The molecule has 2 aromatic rings. The van der Waals surface area contributed by atoms with Gasteiger partial charge in [0.1, 0.15) is 24.5 Å². The van der Waals surface area contributed by atoms with Crippen LogP contribution in [0.2, 0.25) is 25.7 Å². The topological polar surface area (TPSA) is 55.2 Å². The lowest BCUT2D eigenvalue weighted by molar-refractivity contribution is 0.0899. The molecule has 1 saturated heterocycles. The van der Waals surface area contributed by atoms with Gasteiger partial charge in [-0.15, -0.1) is 0 Å². The van der Waals surface area contributed by atoms with Crippen molar-refractivity contribution in [3.8, 4) is 0 Å². The highest BCUT2D eigenvalue weighted by atomic mass is 28.3.